The summed E-state index contributed by atoms with van der Waals surface area (Å²) >= 11 is 4.53. The van der Waals surface area contributed by atoms with Crippen LogP contribution in [0.3, 0.4) is 0 Å². The molecule has 0 fully saturated rings. The number of carbonyl (C=O) groups is 1. The van der Waals surface area contributed by atoms with E-state index in [9.17, 15) is 4.79 Å². The Kier molecular flexibility index (Phi) is 5.86. The van der Waals surface area contributed by atoms with Crippen molar-refractivity contribution in [1.29, 1.82) is 0 Å². The molecule has 0 aromatic heterocycles. The summed E-state index contributed by atoms with van der Waals surface area (Å²) in [5.41, 5.74) is 3.01. The maximum Gasteiger partial charge on any atom is 0.337 e. The number of methoxy groups -OCH3 is 2. The predicted molar refractivity (Wildman–Crippen MR) is 99.0 cm³/mol. The Labute approximate surface area is 151 Å². The summed E-state index contributed by atoms with van der Waals surface area (Å²) in [6.07, 6.45) is 0.821. The van der Waals surface area contributed by atoms with Gasteiger partial charge in [0.15, 0.2) is 0 Å². The highest BCUT2D eigenvalue weighted by molar-refractivity contribution is 14.1. The zero-order chi connectivity index (χ0) is 15.4. The third kappa shape index (κ3) is 4.09. The maximum atomic E-state index is 11.6. The van der Waals surface area contributed by atoms with E-state index in [0.29, 0.717) is 5.56 Å². The number of carbonyl (C=O) groups excluding carboxylic acids is 1. The van der Waals surface area contributed by atoms with Crippen LogP contribution in [-0.4, -0.2) is 20.2 Å². The Hall–Kier alpha value is -0.830. The fraction of sp³-hybridized carbons (Fsp3) is 0.188. The second-order valence-corrected chi connectivity index (χ2v) is 6.76. The molecule has 0 atom stereocenters. The molecular formula is C16H14I2O3. The van der Waals surface area contributed by atoms with E-state index >= 15 is 0 Å². The van der Waals surface area contributed by atoms with Gasteiger partial charge in [-0.1, -0.05) is 12.1 Å². The molecule has 21 heavy (non-hydrogen) atoms. The zero-order valence-electron chi connectivity index (χ0n) is 11.7. The molecule has 0 unspecified atom stereocenters. The first-order chi connectivity index (χ1) is 10.0. The van der Waals surface area contributed by atoms with Crippen molar-refractivity contribution >= 4 is 51.2 Å². The van der Waals surface area contributed by atoms with E-state index in [1.165, 1.54) is 18.2 Å². The SMILES string of the molecule is COC(=O)c1cc(I)c(Cc2ccc(OC)cc2)c(I)c1. The first-order valence-electron chi connectivity index (χ1n) is 6.24. The van der Waals surface area contributed by atoms with E-state index in [2.05, 4.69) is 57.3 Å². The summed E-state index contributed by atoms with van der Waals surface area (Å²) in [5.74, 6) is 0.547. The molecule has 0 aliphatic carbocycles. The standard InChI is InChI=1S/C16H14I2O3/c1-20-12-5-3-10(4-6-12)7-13-14(17)8-11(9-15(13)18)16(19)21-2/h3-6,8-9H,7H2,1-2H3. The lowest BCUT2D eigenvalue weighted by Crippen LogP contribution is -2.05. The van der Waals surface area contributed by atoms with Crippen LogP contribution < -0.4 is 4.74 Å². The van der Waals surface area contributed by atoms with Crippen LogP contribution in [0.4, 0.5) is 0 Å². The van der Waals surface area contributed by atoms with Crippen LogP contribution in [0.15, 0.2) is 36.4 Å². The predicted octanol–water partition coefficient (Wildman–Crippen LogP) is 4.28. The van der Waals surface area contributed by atoms with Crippen molar-refractivity contribution in [3.05, 3.63) is 60.2 Å². The fourth-order valence-electron chi connectivity index (χ4n) is 1.96. The molecule has 0 radical (unpaired) electrons. The summed E-state index contributed by atoms with van der Waals surface area (Å²) < 4.78 is 12.1. The van der Waals surface area contributed by atoms with Crippen LogP contribution in [-0.2, 0) is 11.2 Å². The van der Waals surface area contributed by atoms with Crippen molar-refractivity contribution in [1.82, 2.24) is 0 Å². The molecule has 0 aliphatic heterocycles. The van der Waals surface area contributed by atoms with Gasteiger partial charge in [-0.05, 0) is 87.0 Å². The number of esters is 1. The molecule has 0 bridgehead atoms. The van der Waals surface area contributed by atoms with Crippen LogP contribution in [0, 0.1) is 7.14 Å². The third-order valence-electron chi connectivity index (χ3n) is 3.10. The first kappa shape index (κ1) is 16.5. The molecule has 0 spiro atoms. The topological polar surface area (TPSA) is 35.5 Å². The Balaban J connectivity index is 2.29. The summed E-state index contributed by atoms with van der Waals surface area (Å²) in [6.45, 7) is 0. The summed E-state index contributed by atoms with van der Waals surface area (Å²) in [4.78, 5) is 11.6. The molecule has 0 aliphatic rings. The summed E-state index contributed by atoms with van der Waals surface area (Å²) in [7, 11) is 3.06. The van der Waals surface area contributed by atoms with Gasteiger partial charge in [-0.2, -0.15) is 0 Å². The average Bonchev–Trinajstić information content (AvgIpc) is 2.50. The van der Waals surface area contributed by atoms with E-state index in [4.69, 9.17) is 9.47 Å². The van der Waals surface area contributed by atoms with Gasteiger partial charge in [0.1, 0.15) is 5.75 Å². The molecule has 0 heterocycles. The van der Waals surface area contributed by atoms with Crippen LogP contribution in [0.5, 0.6) is 5.75 Å². The molecule has 0 saturated heterocycles. The minimum Gasteiger partial charge on any atom is -0.497 e. The Morgan fingerprint density at radius 2 is 1.62 bits per heavy atom. The van der Waals surface area contributed by atoms with Gasteiger partial charge >= 0.3 is 5.97 Å². The van der Waals surface area contributed by atoms with Gasteiger partial charge in [0.05, 0.1) is 19.8 Å². The van der Waals surface area contributed by atoms with Crippen molar-refractivity contribution in [2.75, 3.05) is 14.2 Å². The van der Waals surface area contributed by atoms with E-state index in [1.54, 1.807) is 7.11 Å². The van der Waals surface area contributed by atoms with E-state index < -0.39 is 0 Å². The van der Waals surface area contributed by atoms with Gasteiger partial charge in [-0.3, -0.25) is 0 Å². The second kappa shape index (κ2) is 7.44. The lowest BCUT2D eigenvalue weighted by Gasteiger charge is -2.10. The van der Waals surface area contributed by atoms with Crippen molar-refractivity contribution in [3.63, 3.8) is 0 Å². The van der Waals surface area contributed by atoms with Crippen LogP contribution >= 0.6 is 45.2 Å². The molecule has 5 heteroatoms. The Morgan fingerprint density at radius 1 is 1.05 bits per heavy atom. The monoisotopic (exact) mass is 508 g/mol. The molecule has 0 saturated carbocycles. The van der Waals surface area contributed by atoms with Gasteiger partial charge in [0.25, 0.3) is 0 Å². The van der Waals surface area contributed by atoms with Crippen molar-refractivity contribution in [3.8, 4) is 5.75 Å². The molecule has 2 aromatic carbocycles. The van der Waals surface area contributed by atoms with Gasteiger partial charge in [-0.25, -0.2) is 4.79 Å². The smallest absolute Gasteiger partial charge is 0.337 e. The van der Waals surface area contributed by atoms with Gasteiger partial charge in [-0.15, -0.1) is 0 Å². The van der Waals surface area contributed by atoms with Crippen molar-refractivity contribution in [2.24, 2.45) is 0 Å². The molecule has 3 nitrogen and oxygen atoms in total. The van der Waals surface area contributed by atoms with Crippen LogP contribution in [0.1, 0.15) is 21.5 Å². The van der Waals surface area contributed by atoms with Crippen molar-refractivity contribution in [2.45, 2.75) is 6.42 Å². The molecule has 2 rings (SSSR count). The van der Waals surface area contributed by atoms with Gasteiger partial charge in [0, 0.05) is 7.14 Å². The molecule has 110 valence electrons. The number of hydrogen-bond acceptors (Lipinski definition) is 3. The summed E-state index contributed by atoms with van der Waals surface area (Å²) in [6, 6.07) is 11.8. The number of ether oxygens (including phenoxy) is 2. The van der Waals surface area contributed by atoms with Gasteiger partial charge in [0.2, 0.25) is 0 Å². The van der Waals surface area contributed by atoms with Crippen molar-refractivity contribution < 1.29 is 14.3 Å². The van der Waals surface area contributed by atoms with E-state index in [0.717, 1.165) is 19.3 Å². The fourth-order valence-corrected chi connectivity index (χ4v) is 4.10. The minimum absolute atomic E-state index is 0.304. The normalized spacial score (nSPS) is 10.3. The van der Waals surface area contributed by atoms with Crippen LogP contribution in [0.25, 0.3) is 0 Å². The highest BCUT2D eigenvalue weighted by atomic mass is 127. The first-order valence-corrected chi connectivity index (χ1v) is 8.40. The molecule has 2 aromatic rings. The summed E-state index contributed by atoms with van der Waals surface area (Å²) in [5, 5.41) is 0. The third-order valence-corrected chi connectivity index (χ3v) is 5.03. The Bertz CT molecular complexity index is 628. The lowest BCUT2D eigenvalue weighted by molar-refractivity contribution is 0.0600. The van der Waals surface area contributed by atoms with Crippen LogP contribution in [0.2, 0.25) is 0 Å². The number of halogens is 2. The average molecular weight is 508 g/mol. The highest BCUT2D eigenvalue weighted by Gasteiger charge is 2.13. The quantitative estimate of drug-likeness (QED) is 0.457. The highest BCUT2D eigenvalue weighted by Crippen LogP contribution is 2.25. The molecule has 0 N–H and O–H groups in total. The zero-order valence-corrected chi connectivity index (χ0v) is 16.0. The maximum absolute atomic E-state index is 11.6. The largest absolute Gasteiger partial charge is 0.497 e. The number of hydrogen-bond donors (Lipinski definition) is 0. The van der Waals surface area contributed by atoms with Gasteiger partial charge < -0.3 is 9.47 Å². The Morgan fingerprint density at radius 3 is 2.10 bits per heavy atom. The second-order valence-electron chi connectivity index (χ2n) is 4.43. The minimum atomic E-state index is -0.304. The molecule has 0 amide bonds. The number of benzene rings is 2. The lowest BCUT2D eigenvalue weighted by atomic mass is 10.0. The van der Waals surface area contributed by atoms with E-state index in [-0.39, 0.29) is 5.97 Å². The molecular weight excluding hydrogens is 494 g/mol. The van der Waals surface area contributed by atoms with E-state index in [1.807, 2.05) is 24.3 Å². The number of rotatable bonds is 4.